The molecule has 2 fully saturated rings. The molecular formula is C27H32N8OS. The van der Waals surface area contributed by atoms with Crippen LogP contribution in [0.15, 0.2) is 48.5 Å². The van der Waals surface area contributed by atoms with E-state index in [-0.39, 0.29) is 18.2 Å². The minimum absolute atomic E-state index is 0.198. The van der Waals surface area contributed by atoms with Crippen LogP contribution in [0.25, 0.3) is 10.3 Å². The number of hydrogen-bond donors (Lipinski definition) is 4. The van der Waals surface area contributed by atoms with Crippen molar-refractivity contribution in [1.82, 2.24) is 19.9 Å². The minimum atomic E-state index is -0.198. The molecule has 3 aromatic heterocycles. The van der Waals surface area contributed by atoms with E-state index in [0.717, 1.165) is 72.2 Å². The molecule has 0 amide bonds. The summed E-state index contributed by atoms with van der Waals surface area (Å²) in [6.07, 6.45) is 4.92. The van der Waals surface area contributed by atoms with Crippen LogP contribution in [0.1, 0.15) is 43.4 Å². The Morgan fingerprint density at radius 3 is 2.59 bits per heavy atom. The van der Waals surface area contributed by atoms with Crippen molar-refractivity contribution in [3.63, 3.8) is 0 Å². The molecule has 1 atom stereocenters. The van der Waals surface area contributed by atoms with Crippen molar-refractivity contribution in [1.29, 1.82) is 0 Å². The maximum atomic E-state index is 9.87. The van der Waals surface area contributed by atoms with Crippen LogP contribution in [0.2, 0.25) is 0 Å². The lowest BCUT2D eigenvalue weighted by atomic mass is 9.93. The van der Waals surface area contributed by atoms with E-state index >= 15 is 0 Å². The van der Waals surface area contributed by atoms with Crippen LogP contribution in [0.5, 0.6) is 0 Å². The van der Waals surface area contributed by atoms with Crippen LogP contribution in [-0.2, 0) is 6.42 Å². The normalized spacial score (nSPS) is 21.9. The third-order valence-electron chi connectivity index (χ3n) is 7.06. The number of nitrogens with one attached hydrogen (secondary N) is 2. The van der Waals surface area contributed by atoms with Crippen LogP contribution in [0.3, 0.4) is 0 Å². The zero-order valence-electron chi connectivity index (χ0n) is 20.7. The molecule has 192 valence electrons. The second-order valence-electron chi connectivity index (χ2n) is 10.0. The largest absolute Gasteiger partial charge is 0.393 e. The summed E-state index contributed by atoms with van der Waals surface area (Å²) in [7, 11) is 0. The molecule has 1 saturated carbocycles. The van der Waals surface area contributed by atoms with Crippen molar-refractivity contribution in [3.8, 4) is 0 Å². The number of pyridine rings is 1. The molecule has 4 aromatic rings. The van der Waals surface area contributed by atoms with Gasteiger partial charge in [0.1, 0.15) is 22.0 Å². The summed E-state index contributed by atoms with van der Waals surface area (Å²) in [5.74, 6) is 2.25. The molecule has 37 heavy (non-hydrogen) atoms. The predicted molar refractivity (Wildman–Crippen MR) is 149 cm³/mol. The van der Waals surface area contributed by atoms with Crippen molar-refractivity contribution < 1.29 is 5.11 Å². The van der Waals surface area contributed by atoms with Crippen LogP contribution < -0.4 is 21.3 Å². The van der Waals surface area contributed by atoms with E-state index in [1.54, 1.807) is 0 Å². The maximum Gasteiger partial charge on any atom is 0.225 e. The molecule has 1 saturated heterocycles. The number of rotatable bonds is 7. The van der Waals surface area contributed by atoms with E-state index in [2.05, 4.69) is 27.7 Å². The van der Waals surface area contributed by atoms with Crippen LogP contribution >= 0.6 is 11.3 Å². The second-order valence-corrected chi connectivity index (χ2v) is 11.0. The van der Waals surface area contributed by atoms with Gasteiger partial charge in [-0.25, -0.2) is 15.0 Å². The molecule has 0 radical (unpaired) electrons. The highest BCUT2D eigenvalue weighted by Crippen LogP contribution is 2.30. The standard InChI is InChI=1S/C27H32N8OS/c28-18-12-13-35(16-18)24-11-10-22-25(34-24)37-27(31-22)33-23-15-20(14-17-4-2-1-3-5-17)30-26(32-23)29-19-6-8-21(36)9-7-19/h1-5,10-11,15,18-19,21,36H,6-9,12-14,16,28H2,(H2,29,30,31,32,33)/t18-,19-,21-/m0/s1. The van der Waals surface area contributed by atoms with Gasteiger partial charge >= 0.3 is 0 Å². The topological polar surface area (TPSA) is 125 Å². The fourth-order valence-corrected chi connectivity index (χ4v) is 5.91. The van der Waals surface area contributed by atoms with Crippen LogP contribution in [-0.4, -0.2) is 56.3 Å². The average Bonchev–Trinajstić information content (AvgIpc) is 3.51. The zero-order valence-corrected chi connectivity index (χ0v) is 21.5. The summed E-state index contributed by atoms with van der Waals surface area (Å²) in [5, 5.41) is 17.5. The summed E-state index contributed by atoms with van der Waals surface area (Å²) in [4.78, 5) is 22.3. The zero-order chi connectivity index (χ0) is 25.2. The van der Waals surface area contributed by atoms with Crippen LogP contribution in [0, 0.1) is 0 Å². The molecule has 6 rings (SSSR count). The number of aliphatic hydroxyl groups excluding tert-OH is 1. The van der Waals surface area contributed by atoms with E-state index in [0.29, 0.717) is 18.2 Å². The van der Waals surface area contributed by atoms with Gasteiger partial charge in [-0.05, 0) is 49.8 Å². The number of benzene rings is 1. The number of hydrogen-bond acceptors (Lipinski definition) is 10. The number of nitrogens with zero attached hydrogens (tertiary/aromatic N) is 5. The van der Waals surface area contributed by atoms with Crippen LogP contribution in [0.4, 0.5) is 22.7 Å². The van der Waals surface area contributed by atoms with Crippen molar-refractivity contribution in [2.24, 2.45) is 5.73 Å². The molecule has 0 spiro atoms. The highest BCUT2D eigenvalue weighted by atomic mass is 32.1. The minimum Gasteiger partial charge on any atom is -0.393 e. The summed E-state index contributed by atoms with van der Waals surface area (Å²) in [6.45, 7) is 1.77. The number of anilines is 4. The fourth-order valence-electron chi connectivity index (χ4n) is 5.07. The fraction of sp³-hybridized carbons (Fsp3) is 0.407. The first-order valence-electron chi connectivity index (χ1n) is 13.0. The molecule has 5 N–H and O–H groups in total. The molecule has 1 aliphatic carbocycles. The van der Waals surface area contributed by atoms with E-state index in [9.17, 15) is 5.11 Å². The molecule has 9 nitrogen and oxygen atoms in total. The highest BCUT2D eigenvalue weighted by molar-refractivity contribution is 7.21. The lowest BCUT2D eigenvalue weighted by Crippen LogP contribution is -2.29. The smallest absolute Gasteiger partial charge is 0.225 e. The molecule has 0 unspecified atom stereocenters. The third kappa shape index (κ3) is 5.82. The second kappa shape index (κ2) is 10.6. The first-order chi connectivity index (χ1) is 18.1. The van der Waals surface area contributed by atoms with E-state index < -0.39 is 0 Å². The lowest BCUT2D eigenvalue weighted by Gasteiger charge is -2.26. The molecule has 1 aromatic carbocycles. The molecule has 1 aliphatic heterocycles. The number of aromatic nitrogens is 4. The van der Waals surface area contributed by atoms with Gasteiger partial charge < -0.3 is 26.4 Å². The number of thiazole rings is 1. The number of aliphatic hydroxyl groups is 1. The quantitative estimate of drug-likeness (QED) is 0.288. The highest BCUT2D eigenvalue weighted by Gasteiger charge is 2.22. The molecule has 0 bridgehead atoms. The summed E-state index contributed by atoms with van der Waals surface area (Å²) >= 11 is 1.52. The van der Waals surface area contributed by atoms with E-state index in [4.69, 9.17) is 25.7 Å². The first kappa shape index (κ1) is 24.0. The number of nitrogens with two attached hydrogens (primary N) is 1. The van der Waals surface area contributed by atoms with Gasteiger partial charge in [0, 0.05) is 37.7 Å². The SMILES string of the molecule is N[C@H]1CCN(c2ccc3nc(Nc4cc(Cc5ccccc5)nc(N[C@H]5CC[C@H](O)CC5)n4)sc3n2)C1. The van der Waals surface area contributed by atoms with Gasteiger partial charge in [-0.1, -0.05) is 41.7 Å². The molecular weight excluding hydrogens is 484 g/mol. The monoisotopic (exact) mass is 516 g/mol. The molecule has 4 heterocycles. The molecule has 2 aliphatic rings. The Kier molecular flexibility index (Phi) is 6.86. The lowest BCUT2D eigenvalue weighted by molar-refractivity contribution is 0.126. The summed E-state index contributed by atoms with van der Waals surface area (Å²) in [6, 6.07) is 16.8. The Balaban J connectivity index is 1.25. The summed E-state index contributed by atoms with van der Waals surface area (Å²) in [5.41, 5.74) is 9.06. The Labute approximate surface area is 220 Å². The molecule has 10 heteroatoms. The van der Waals surface area contributed by atoms with Crippen molar-refractivity contribution in [3.05, 3.63) is 59.8 Å². The van der Waals surface area contributed by atoms with Gasteiger partial charge in [0.2, 0.25) is 5.95 Å². The predicted octanol–water partition coefficient (Wildman–Crippen LogP) is 4.07. The number of fused-ring (bicyclic) bond motifs is 1. The maximum absolute atomic E-state index is 9.87. The average molecular weight is 517 g/mol. The van der Waals surface area contributed by atoms with E-state index in [1.807, 2.05) is 36.4 Å². The van der Waals surface area contributed by atoms with Crippen molar-refractivity contribution in [2.75, 3.05) is 28.6 Å². The van der Waals surface area contributed by atoms with Gasteiger partial charge in [-0.2, -0.15) is 4.98 Å². The van der Waals surface area contributed by atoms with Gasteiger partial charge in [0.15, 0.2) is 5.13 Å². The third-order valence-corrected chi connectivity index (χ3v) is 7.94. The van der Waals surface area contributed by atoms with Gasteiger partial charge in [0.25, 0.3) is 0 Å². The van der Waals surface area contributed by atoms with Crippen molar-refractivity contribution >= 4 is 44.4 Å². The Hall–Kier alpha value is -3.34. The Bertz CT molecular complexity index is 1360. The van der Waals surface area contributed by atoms with E-state index in [1.165, 1.54) is 16.9 Å². The van der Waals surface area contributed by atoms with Gasteiger partial charge in [0.05, 0.1) is 11.8 Å². The Morgan fingerprint density at radius 1 is 0.973 bits per heavy atom. The van der Waals surface area contributed by atoms with Gasteiger partial charge in [-0.3, -0.25) is 0 Å². The van der Waals surface area contributed by atoms with Gasteiger partial charge in [-0.15, -0.1) is 0 Å². The van der Waals surface area contributed by atoms with Crippen molar-refractivity contribution in [2.45, 2.75) is 56.7 Å². The first-order valence-corrected chi connectivity index (χ1v) is 13.8. The Morgan fingerprint density at radius 2 is 1.81 bits per heavy atom. The summed E-state index contributed by atoms with van der Waals surface area (Å²) < 4.78 is 0.